The summed E-state index contributed by atoms with van der Waals surface area (Å²) < 4.78 is 6.38. The summed E-state index contributed by atoms with van der Waals surface area (Å²) in [5.41, 5.74) is 0.525. The summed E-state index contributed by atoms with van der Waals surface area (Å²) in [4.78, 5) is 0. The van der Waals surface area contributed by atoms with E-state index >= 15 is 0 Å². The number of halogens is 1. The number of ether oxygens (including phenoxy) is 1. The Bertz CT molecular complexity index is 486. The van der Waals surface area contributed by atoms with Crippen molar-refractivity contribution in [1.29, 1.82) is 0 Å². The average molecular weight is 355 g/mol. The molecule has 1 aliphatic carbocycles. The largest absolute Gasteiger partial charge is 0.497 e. The van der Waals surface area contributed by atoms with Crippen molar-refractivity contribution in [3.63, 3.8) is 0 Å². The Balaban J connectivity index is 2.29. The van der Waals surface area contributed by atoms with Gasteiger partial charge < -0.3 is 9.84 Å². The van der Waals surface area contributed by atoms with Gasteiger partial charge in [-0.25, -0.2) is 0 Å². The fourth-order valence-electron chi connectivity index (χ4n) is 3.89. The van der Waals surface area contributed by atoms with Crippen LogP contribution in [0.3, 0.4) is 0 Å². The third-order valence-corrected chi connectivity index (χ3v) is 5.69. The summed E-state index contributed by atoms with van der Waals surface area (Å²) in [7, 11) is 1.68. The lowest BCUT2D eigenvalue weighted by Gasteiger charge is -2.45. The average Bonchev–Trinajstić information content (AvgIpc) is 2.40. The summed E-state index contributed by atoms with van der Waals surface area (Å²) in [6.07, 6.45) is 3.93. The molecule has 0 amide bonds. The molecular formula is C18H27BrO2. The molecule has 1 N–H and O–H groups in total. The maximum atomic E-state index is 11.4. The maximum absolute atomic E-state index is 11.4. The van der Waals surface area contributed by atoms with Crippen LogP contribution in [-0.2, 0) is 6.42 Å². The quantitative estimate of drug-likeness (QED) is 0.839. The second-order valence-corrected chi connectivity index (χ2v) is 7.83. The zero-order valence-corrected chi connectivity index (χ0v) is 15.1. The van der Waals surface area contributed by atoms with Crippen LogP contribution < -0.4 is 4.74 Å². The van der Waals surface area contributed by atoms with Crippen LogP contribution in [0.4, 0.5) is 0 Å². The number of benzene rings is 1. The van der Waals surface area contributed by atoms with Crippen molar-refractivity contribution in [3.8, 4) is 5.75 Å². The molecule has 2 rings (SSSR count). The van der Waals surface area contributed by atoms with Crippen LogP contribution in [0.1, 0.15) is 45.6 Å². The van der Waals surface area contributed by atoms with Crippen molar-refractivity contribution in [2.24, 2.45) is 17.8 Å². The van der Waals surface area contributed by atoms with Crippen LogP contribution in [0.15, 0.2) is 22.7 Å². The van der Waals surface area contributed by atoms with Gasteiger partial charge in [0.1, 0.15) is 5.75 Å². The topological polar surface area (TPSA) is 29.5 Å². The van der Waals surface area contributed by atoms with Gasteiger partial charge in [0.15, 0.2) is 0 Å². The van der Waals surface area contributed by atoms with Crippen LogP contribution >= 0.6 is 15.9 Å². The SMILES string of the molecule is COc1ccc(Br)c(CC2(O)CC(C)CCC2C(C)C)c1. The van der Waals surface area contributed by atoms with Crippen molar-refractivity contribution >= 4 is 15.9 Å². The third-order valence-electron chi connectivity index (χ3n) is 4.92. The summed E-state index contributed by atoms with van der Waals surface area (Å²) in [5, 5.41) is 11.4. The molecule has 0 radical (unpaired) electrons. The van der Waals surface area contributed by atoms with Gasteiger partial charge in [0.2, 0.25) is 0 Å². The van der Waals surface area contributed by atoms with E-state index in [4.69, 9.17) is 4.74 Å². The Kier molecular flexibility index (Phi) is 5.37. The number of hydrogen-bond acceptors (Lipinski definition) is 2. The van der Waals surface area contributed by atoms with Gasteiger partial charge in [0, 0.05) is 10.9 Å². The Morgan fingerprint density at radius 3 is 2.71 bits per heavy atom. The predicted octanol–water partition coefficient (Wildman–Crippen LogP) is 4.82. The zero-order valence-electron chi connectivity index (χ0n) is 13.5. The lowest BCUT2D eigenvalue weighted by Crippen LogP contribution is -2.47. The molecule has 3 atom stereocenters. The minimum atomic E-state index is -0.610. The molecular weight excluding hydrogens is 328 g/mol. The number of methoxy groups -OCH3 is 1. The van der Waals surface area contributed by atoms with Crippen LogP contribution in [-0.4, -0.2) is 17.8 Å². The van der Waals surface area contributed by atoms with E-state index in [2.05, 4.69) is 36.7 Å². The molecule has 0 bridgehead atoms. The van der Waals surface area contributed by atoms with Gasteiger partial charge in [0.05, 0.1) is 12.7 Å². The fourth-order valence-corrected chi connectivity index (χ4v) is 4.28. The van der Waals surface area contributed by atoms with Crippen LogP contribution in [0.5, 0.6) is 5.75 Å². The number of hydrogen-bond donors (Lipinski definition) is 1. The van der Waals surface area contributed by atoms with Crippen LogP contribution in [0.25, 0.3) is 0 Å². The first-order valence-electron chi connectivity index (χ1n) is 7.90. The fraction of sp³-hybridized carbons (Fsp3) is 0.667. The van der Waals surface area contributed by atoms with E-state index in [-0.39, 0.29) is 0 Å². The normalized spacial score (nSPS) is 29.7. The van der Waals surface area contributed by atoms with Crippen molar-refractivity contribution in [2.75, 3.05) is 7.11 Å². The monoisotopic (exact) mass is 354 g/mol. The first-order valence-corrected chi connectivity index (χ1v) is 8.70. The first-order chi connectivity index (χ1) is 9.85. The molecule has 21 heavy (non-hydrogen) atoms. The smallest absolute Gasteiger partial charge is 0.119 e. The highest BCUT2D eigenvalue weighted by molar-refractivity contribution is 9.10. The second-order valence-electron chi connectivity index (χ2n) is 6.97. The maximum Gasteiger partial charge on any atom is 0.119 e. The van der Waals surface area contributed by atoms with Crippen LogP contribution in [0, 0.1) is 17.8 Å². The molecule has 1 saturated carbocycles. The predicted molar refractivity (Wildman–Crippen MR) is 90.7 cm³/mol. The zero-order chi connectivity index (χ0) is 15.6. The summed E-state index contributed by atoms with van der Waals surface area (Å²) in [6, 6.07) is 5.99. The molecule has 2 nitrogen and oxygen atoms in total. The van der Waals surface area contributed by atoms with E-state index in [0.29, 0.717) is 24.2 Å². The van der Waals surface area contributed by atoms with Crippen molar-refractivity contribution < 1.29 is 9.84 Å². The highest BCUT2D eigenvalue weighted by atomic mass is 79.9. The molecule has 1 aromatic carbocycles. The molecule has 1 aliphatic rings. The molecule has 0 saturated heterocycles. The van der Waals surface area contributed by atoms with E-state index in [1.165, 1.54) is 6.42 Å². The Morgan fingerprint density at radius 1 is 1.38 bits per heavy atom. The van der Waals surface area contributed by atoms with Gasteiger partial charge in [0.25, 0.3) is 0 Å². The highest BCUT2D eigenvalue weighted by Crippen LogP contribution is 2.43. The van der Waals surface area contributed by atoms with E-state index in [1.807, 2.05) is 18.2 Å². The third kappa shape index (κ3) is 3.81. The summed E-state index contributed by atoms with van der Waals surface area (Å²) in [6.45, 7) is 6.71. The minimum absolute atomic E-state index is 0.367. The Hall–Kier alpha value is -0.540. The minimum Gasteiger partial charge on any atom is -0.497 e. The highest BCUT2D eigenvalue weighted by Gasteiger charge is 2.42. The van der Waals surface area contributed by atoms with E-state index in [0.717, 1.165) is 28.6 Å². The molecule has 0 aromatic heterocycles. The van der Waals surface area contributed by atoms with Crippen molar-refractivity contribution in [1.82, 2.24) is 0 Å². The van der Waals surface area contributed by atoms with Crippen molar-refractivity contribution in [3.05, 3.63) is 28.2 Å². The first kappa shape index (κ1) is 16.8. The van der Waals surface area contributed by atoms with Gasteiger partial charge in [-0.05, 0) is 54.4 Å². The van der Waals surface area contributed by atoms with Gasteiger partial charge in [-0.2, -0.15) is 0 Å². The number of rotatable bonds is 4. The van der Waals surface area contributed by atoms with E-state index in [9.17, 15) is 5.11 Å². The van der Waals surface area contributed by atoms with E-state index in [1.54, 1.807) is 7.11 Å². The molecule has 1 fully saturated rings. The Morgan fingerprint density at radius 2 is 2.10 bits per heavy atom. The van der Waals surface area contributed by atoms with E-state index < -0.39 is 5.60 Å². The Labute approximate surface area is 137 Å². The molecule has 118 valence electrons. The summed E-state index contributed by atoms with van der Waals surface area (Å²) >= 11 is 3.62. The molecule has 0 heterocycles. The molecule has 3 unspecified atom stereocenters. The molecule has 0 spiro atoms. The van der Waals surface area contributed by atoms with Gasteiger partial charge >= 0.3 is 0 Å². The van der Waals surface area contributed by atoms with Gasteiger partial charge in [-0.1, -0.05) is 43.1 Å². The second kappa shape index (κ2) is 6.70. The summed E-state index contributed by atoms with van der Waals surface area (Å²) in [5.74, 6) is 2.31. The van der Waals surface area contributed by atoms with Gasteiger partial charge in [-0.3, -0.25) is 0 Å². The lowest BCUT2D eigenvalue weighted by molar-refractivity contribution is -0.0796. The van der Waals surface area contributed by atoms with Crippen LogP contribution in [0.2, 0.25) is 0 Å². The molecule has 1 aromatic rings. The number of aliphatic hydroxyl groups is 1. The molecule has 3 heteroatoms. The van der Waals surface area contributed by atoms with Crippen molar-refractivity contribution in [2.45, 2.75) is 52.1 Å². The van der Waals surface area contributed by atoms with Gasteiger partial charge in [-0.15, -0.1) is 0 Å². The lowest BCUT2D eigenvalue weighted by atomic mass is 9.65. The molecule has 0 aliphatic heterocycles. The standard InChI is InChI=1S/C18H27BrO2/c1-12(2)16-7-5-13(3)10-18(16,20)11-14-9-15(21-4)6-8-17(14)19/h6,8-9,12-13,16,20H,5,7,10-11H2,1-4H3.